The van der Waals surface area contributed by atoms with Crippen molar-refractivity contribution in [3.8, 4) is 0 Å². The van der Waals surface area contributed by atoms with Crippen molar-refractivity contribution in [1.82, 2.24) is 0 Å². The highest BCUT2D eigenvalue weighted by atomic mass is 16.6. The van der Waals surface area contributed by atoms with Gasteiger partial charge in [-0.25, -0.2) is 0 Å². The van der Waals surface area contributed by atoms with Crippen molar-refractivity contribution < 1.29 is 28.6 Å². The molecule has 0 bridgehead atoms. The molecule has 0 amide bonds. The Labute approximate surface area is 361 Å². The molecule has 0 heterocycles. The average molecular weight is 821 g/mol. The molecular formula is C52H100O6. The topological polar surface area (TPSA) is 78.9 Å². The van der Waals surface area contributed by atoms with Crippen LogP contribution in [0, 0.1) is 11.8 Å². The molecule has 344 valence electrons. The molecule has 6 heteroatoms. The second-order valence-corrected chi connectivity index (χ2v) is 18.8. The standard InChI is InChI=1S/C52H100O6/c1-6-7-8-9-10-11-18-22-27-32-37-42-50(53)56-45-49(46-57-51(54)43-38-33-29-24-26-31-36-41-48(4)5)58-52(55)44-39-34-28-23-20-17-15-13-12-14-16-19-21-25-30-35-40-47(2)3/h47-49H,6-46H2,1-5H3/t49-/m1/s1. The third kappa shape index (κ3) is 45.5. The van der Waals surface area contributed by atoms with Crippen molar-refractivity contribution in [2.24, 2.45) is 11.8 Å². The number of hydrogen-bond acceptors (Lipinski definition) is 6. The van der Waals surface area contributed by atoms with Crippen molar-refractivity contribution in [2.45, 2.75) is 291 Å². The van der Waals surface area contributed by atoms with Crippen LogP contribution in [0.25, 0.3) is 0 Å². The summed E-state index contributed by atoms with van der Waals surface area (Å²) in [5, 5.41) is 0. The van der Waals surface area contributed by atoms with Gasteiger partial charge in [0, 0.05) is 19.3 Å². The van der Waals surface area contributed by atoms with Gasteiger partial charge in [-0.15, -0.1) is 0 Å². The van der Waals surface area contributed by atoms with Crippen LogP contribution in [-0.4, -0.2) is 37.2 Å². The molecule has 0 fully saturated rings. The van der Waals surface area contributed by atoms with E-state index in [1.54, 1.807) is 0 Å². The van der Waals surface area contributed by atoms with E-state index in [4.69, 9.17) is 14.2 Å². The normalized spacial score (nSPS) is 12.1. The molecule has 0 rings (SSSR count). The molecule has 1 atom stereocenters. The summed E-state index contributed by atoms with van der Waals surface area (Å²) in [6.07, 6.45) is 45.3. The van der Waals surface area contributed by atoms with Crippen molar-refractivity contribution in [2.75, 3.05) is 13.2 Å². The molecule has 58 heavy (non-hydrogen) atoms. The van der Waals surface area contributed by atoms with Crippen LogP contribution in [0.15, 0.2) is 0 Å². The molecule has 6 nitrogen and oxygen atoms in total. The Hall–Kier alpha value is -1.59. The molecule has 0 saturated heterocycles. The molecule has 0 aromatic heterocycles. The van der Waals surface area contributed by atoms with Crippen LogP contribution in [0.4, 0.5) is 0 Å². The quantitative estimate of drug-likeness (QED) is 0.0346. The lowest BCUT2D eigenvalue weighted by atomic mass is 10.0. The van der Waals surface area contributed by atoms with Crippen molar-refractivity contribution in [3.05, 3.63) is 0 Å². The average Bonchev–Trinajstić information content (AvgIpc) is 3.19. The first-order chi connectivity index (χ1) is 28.2. The van der Waals surface area contributed by atoms with Crippen LogP contribution in [-0.2, 0) is 28.6 Å². The number of esters is 3. The van der Waals surface area contributed by atoms with Gasteiger partial charge in [-0.2, -0.15) is 0 Å². The van der Waals surface area contributed by atoms with E-state index < -0.39 is 6.10 Å². The molecule has 0 aromatic carbocycles. The summed E-state index contributed by atoms with van der Waals surface area (Å²) in [5.41, 5.74) is 0. The predicted octanol–water partition coefficient (Wildman–Crippen LogP) is 16.5. The number of hydrogen-bond donors (Lipinski definition) is 0. The number of unbranched alkanes of at least 4 members (excludes halogenated alkanes) is 31. The Morgan fingerprint density at radius 2 is 0.569 bits per heavy atom. The molecule has 0 aliphatic carbocycles. The minimum Gasteiger partial charge on any atom is -0.462 e. The molecule has 0 radical (unpaired) electrons. The number of rotatable bonds is 46. The first kappa shape index (κ1) is 56.4. The lowest BCUT2D eigenvalue weighted by Crippen LogP contribution is -2.30. The predicted molar refractivity (Wildman–Crippen MR) is 247 cm³/mol. The zero-order chi connectivity index (χ0) is 42.6. The number of carbonyl (C=O) groups is 3. The van der Waals surface area contributed by atoms with Gasteiger partial charge in [0.15, 0.2) is 6.10 Å². The smallest absolute Gasteiger partial charge is 0.306 e. The Balaban J connectivity index is 4.25. The zero-order valence-electron chi connectivity index (χ0n) is 39.7. The van der Waals surface area contributed by atoms with E-state index in [0.717, 1.165) is 69.6 Å². The van der Waals surface area contributed by atoms with E-state index in [9.17, 15) is 14.4 Å². The van der Waals surface area contributed by atoms with Crippen molar-refractivity contribution >= 4 is 17.9 Å². The maximum absolute atomic E-state index is 12.8. The van der Waals surface area contributed by atoms with E-state index in [1.165, 1.54) is 173 Å². The molecular weight excluding hydrogens is 721 g/mol. The third-order valence-electron chi connectivity index (χ3n) is 11.7. The first-order valence-corrected chi connectivity index (χ1v) is 25.7. The second kappa shape index (κ2) is 44.9. The summed E-state index contributed by atoms with van der Waals surface area (Å²) in [4.78, 5) is 37.8. The summed E-state index contributed by atoms with van der Waals surface area (Å²) in [6.45, 7) is 11.3. The van der Waals surface area contributed by atoms with E-state index in [1.807, 2.05) is 0 Å². The minimum atomic E-state index is -0.761. The van der Waals surface area contributed by atoms with Crippen LogP contribution in [0.2, 0.25) is 0 Å². The summed E-state index contributed by atoms with van der Waals surface area (Å²) < 4.78 is 16.8. The summed E-state index contributed by atoms with van der Waals surface area (Å²) in [6, 6.07) is 0. The van der Waals surface area contributed by atoms with Crippen LogP contribution >= 0.6 is 0 Å². The molecule has 0 N–H and O–H groups in total. The van der Waals surface area contributed by atoms with Gasteiger partial charge in [0.05, 0.1) is 0 Å². The maximum atomic E-state index is 12.8. The first-order valence-electron chi connectivity index (χ1n) is 25.7. The fourth-order valence-corrected chi connectivity index (χ4v) is 7.81. The van der Waals surface area contributed by atoms with Gasteiger partial charge in [0.25, 0.3) is 0 Å². The Kier molecular flexibility index (Phi) is 43.7. The lowest BCUT2D eigenvalue weighted by molar-refractivity contribution is -0.167. The highest BCUT2D eigenvalue weighted by Crippen LogP contribution is 2.17. The fraction of sp³-hybridized carbons (Fsp3) is 0.942. The van der Waals surface area contributed by atoms with E-state index in [0.29, 0.717) is 19.3 Å². The number of ether oxygens (including phenoxy) is 3. The molecule has 0 aliphatic heterocycles. The third-order valence-corrected chi connectivity index (χ3v) is 11.7. The van der Waals surface area contributed by atoms with Gasteiger partial charge < -0.3 is 14.2 Å². The van der Waals surface area contributed by atoms with Crippen LogP contribution in [0.5, 0.6) is 0 Å². The van der Waals surface area contributed by atoms with Crippen molar-refractivity contribution in [3.63, 3.8) is 0 Å². The van der Waals surface area contributed by atoms with E-state index in [2.05, 4.69) is 34.6 Å². The summed E-state index contributed by atoms with van der Waals surface area (Å²) >= 11 is 0. The van der Waals surface area contributed by atoms with Gasteiger partial charge >= 0.3 is 17.9 Å². The van der Waals surface area contributed by atoms with Crippen LogP contribution in [0.3, 0.4) is 0 Å². The largest absolute Gasteiger partial charge is 0.462 e. The van der Waals surface area contributed by atoms with Gasteiger partial charge in [-0.05, 0) is 31.1 Å². The molecule has 0 saturated carbocycles. The molecule has 0 aliphatic rings. The lowest BCUT2D eigenvalue weighted by Gasteiger charge is -2.18. The van der Waals surface area contributed by atoms with Gasteiger partial charge in [-0.1, -0.05) is 247 Å². The molecule has 0 unspecified atom stereocenters. The zero-order valence-corrected chi connectivity index (χ0v) is 39.7. The van der Waals surface area contributed by atoms with Crippen LogP contribution in [0.1, 0.15) is 285 Å². The van der Waals surface area contributed by atoms with Crippen LogP contribution < -0.4 is 0 Å². The summed E-state index contributed by atoms with van der Waals surface area (Å²) in [5.74, 6) is 0.781. The Bertz CT molecular complexity index is 885. The molecule has 0 aromatic rings. The monoisotopic (exact) mass is 821 g/mol. The maximum Gasteiger partial charge on any atom is 0.306 e. The Morgan fingerprint density at radius 3 is 0.845 bits per heavy atom. The van der Waals surface area contributed by atoms with E-state index >= 15 is 0 Å². The van der Waals surface area contributed by atoms with Gasteiger partial charge in [0.1, 0.15) is 13.2 Å². The van der Waals surface area contributed by atoms with Gasteiger partial charge in [-0.3, -0.25) is 14.4 Å². The molecule has 0 spiro atoms. The number of carbonyl (C=O) groups excluding carboxylic acids is 3. The van der Waals surface area contributed by atoms with Gasteiger partial charge in [0.2, 0.25) is 0 Å². The summed E-state index contributed by atoms with van der Waals surface area (Å²) in [7, 11) is 0. The second-order valence-electron chi connectivity index (χ2n) is 18.8. The Morgan fingerprint density at radius 1 is 0.328 bits per heavy atom. The van der Waals surface area contributed by atoms with Crippen molar-refractivity contribution in [1.29, 1.82) is 0 Å². The SMILES string of the molecule is CCCCCCCCCCCCCC(=O)OC[C@H](COC(=O)CCCCCCCCCC(C)C)OC(=O)CCCCCCCCCCCCCCCCCCC(C)C. The fourth-order valence-electron chi connectivity index (χ4n) is 7.81. The van der Waals surface area contributed by atoms with E-state index in [-0.39, 0.29) is 31.1 Å². The highest BCUT2D eigenvalue weighted by molar-refractivity contribution is 5.71. The minimum absolute atomic E-state index is 0.0642. The highest BCUT2D eigenvalue weighted by Gasteiger charge is 2.19.